The van der Waals surface area contributed by atoms with Crippen LogP contribution in [0.4, 0.5) is 0 Å². The van der Waals surface area contributed by atoms with Crippen molar-refractivity contribution in [3.05, 3.63) is 23.5 Å². The summed E-state index contributed by atoms with van der Waals surface area (Å²) in [5, 5.41) is 3.22. The SMILES string of the molecule is CCCCCCCCCn1ccc(CNC)c1C. The first-order valence-electron chi connectivity index (χ1n) is 7.58. The second-order valence-corrected chi connectivity index (χ2v) is 5.27. The summed E-state index contributed by atoms with van der Waals surface area (Å²) in [4.78, 5) is 0. The van der Waals surface area contributed by atoms with Gasteiger partial charge >= 0.3 is 0 Å². The molecule has 18 heavy (non-hydrogen) atoms. The number of unbranched alkanes of at least 4 members (excludes halogenated alkanes) is 6. The standard InChI is InChI=1S/C16H30N2/c1-4-5-6-7-8-9-10-12-18-13-11-16(14-17-3)15(18)2/h11,13,17H,4-10,12,14H2,1-3H3. The van der Waals surface area contributed by atoms with E-state index < -0.39 is 0 Å². The largest absolute Gasteiger partial charge is 0.351 e. The number of nitrogens with zero attached hydrogens (tertiary/aromatic N) is 1. The Hall–Kier alpha value is -0.760. The first-order valence-corrected chi connectivity index (χ1v) is 7.58. The number of aryl methyl sites for hydroxylation is 1. The predicted molar refractivity (Wildman–Crippen MR) is 79.9 cm³/mol. The highest BCUT2D eigenvalue weighted by Gasteiger charge is 2.02. The molecule has 1 aromatic rings. The van der Waals surface area contributed by atoms with Crippen LogP contribution in [0.25, 0.3) is 0 Å². The van der Waals surface area contributed by atoms with Crippen LogP contribution in [0.2, 0.25) is 0 Å². The van der Waals surface area contributed by atoms with Crippen molar-refractivity contribution in [2.75, 3.05) is 7.05 Å². The van der Waals surface area contributed by atoms with Gasteiger partial charge in [-0.05, 0) is 32.0 Å². The van der Waals surface area contributed by atoms with Crippen molar-refractivity contribution in [2.24, 2.45) is 0 Å². The van der Waals surface area contributed by atoms with Crippen molar-refractivity contribution in [3.8, 4) is 0 Å². The van der Waals surface area contributed by atoms with E-state index in [4.69, 9.17) is 0 Å². The van der Waals surface area contributed by atoms with Crippen molar-refractivity contribution in [1.82, 2.24) is 9.88 Å². The van der Waals surface area contributed by atoms with Gasteiger partial charge in [-0.1, -0.05) is 45.4 Å². The lowest BCUT2D eigenvalue weighted by atomic mass is 10.1. The van der Waals surface area contributed by atoms with Crippen LogP contribution in [0.5, 0.6) is 0 Å². The molecule has 2 nitrogen and oxygen atoms in total. The molecule has 0 aliphatic carbocycles. The molecule has 0 bridgehead atoms. The molecule has 0 aromatic carbocycles. The molecular weight excluding hydrogens is 220 g/mol. The van der Waals surface area contributed by atoms with Gasteiger partial charge in [-0.25, -0.2) is 0 Å². The quantitative estimate of drug-likeness (QED) is 0.614. The van der Waals surface area contributed by atoms with E-state index >= 15 is 0 Å². The Balaban J connectivity index is 2.15. The van der Waals surface area contributed by atoms with Gasteiger partial charge in [0.05, 0.1) is 0 Å². The molecule has 0 fully saturated rings. The van der Waals surface area contributed by atoms with Gasteiger partial charge in [-0.3, -0.25) is 0 Å². The van der Waals surface area contributed by atoms with E-state index in [1.165, 1.54) is 62.7 Å². The molecule has 0 unspecified atom stereocenters. The zero-order valence-corrected chi connectivity index (χ0v) is 12.5. The molecular formula is C16H30N2. The minimum Gasteiger partial charge on any atom is -0.351 e. The van der Waals surface area contributed by atoms with Crippen molar-refractivity contribution in [3.63, 3.8) is 0 Å². The first-order chi connectivity index (χ1) is 8.79. The number of nitrogens with one attached hydrogen (secondary N) is 1. The molecule has 1 rings (SSSR count). The van der Waals surface area contributed by atoms with Crippen LogP contribution < -0.4 is 5.32 Å². The normalized spacial score (nSPS) is 11.1. The first kappa shape index (κ1) is 15.3. The highest BCUT2D eigenvalue weighted by atomic mass is 15.0. The second kappa shape index (κ2) is 9.21. The van der Waals surface area contributed by atoms with Gasteiger partial charge in [0, 0.05) is 25.0 Å². The monoisotopic (exact) mass is 250 g/mol. The van der Waals surface area contributed by atoms with Crippen LogP contribution in [0.15, 0.2) is 12.3 Å². The number of rotatable bonds is 10. The van der Waals surface area contributed by atoms with Gasteiger partial charge in [0.2, 0.25) is 0 Å². The molecule has 0 radical (unpaired) electrons. The number of aromatic nitrogens is 1. The third-order valence-electron chi connectivity index (χ3n) is 3.72. The van der Waals surface area contributed by atoms with Crippen LogP contribution >= 0.6 is 0 Å². The molecule has 1 N–H and O–H groups in total. The fourth-order valence-corrected chi connectivity index (χ4v) is 2.46. The van der Waals surface area contributed by atoms with Gasteiger partial charge in [-0.15, -0.1) is 0 Å². The summed E-state index contributed by atoms with van der Waals surface area (Å²) in [7, 11) is 2.01. The van der Waals surface area contributed by atoms with Gasteiger partial charge in [0.25, 0.3) is 0 Å². The molecule has 1 heterocycles. The fourth-order valence-electron chi connectivity index (χ4n) is 2.46. The molecule has 104 valence electrons. The maximum atomic E-state index is 3.22. The summed E-state index contributed by atoms with van der Waals surface area (Å²) in [5.41, 5.74) is 2.86. The summed E-state index contributed by atoms with van der Waals surface area (Å²) in [6.07, 6.45) is 11.9. The molecule has 1 aromatic heterocycles. The predicted octanol–water partition coefficient (Wildman–Crippen LogP) is 4.27. The molecule has 0 saturated carbocycles. The molecule has 0 aliphatic heterocycles. The number of hydrogen-bond donors (Lipinski definition) is 1. The highest BCUT2D eigenvalue weighted by Crippen LogP contribution is 2.12. The zero-order chi connectivity index (χ0) is 13.2. The molecule has 0 atom stereocenters. The Morgan fingerprint density at radius 1 is 1.06 bits per heavy atom. The molecule has 0 spiro atoms. The van der Waals surface area contributed by atoms with Gasteiger partial charge in [0.1, 0.15) is 0 Å². The Kier molecular flexibility index (Phi) is 7.83. The lowest BCUT2D eigenvalue weighted by molar-refractivity contribution is 0.545. The minimum absolute atomic E-state index is 0.982. The summed E-state index contributed by atoms with van der Waals surface area (Å²) < 4.78 is 2.40. The highest BCUT2D eigenvalue weighted by molar-refractivity contribution is 5.20. The Morgan fingerprint density at radius 2 is 1.72 bits per heavy atom. The van der Waals surface area contributed by atoms with Crippen LogP contribution in [-0.2, 0) is 13.1 Å². The summed E-state index contributed by atoms with van der Waals surface area (Å²) in [6.45, 7) is 6.67. The Morgan fingerprint density at radius 3 is 2.39 bits per heavy atom. The Labute approximate surface area is 113 Å². The van der Waals surface area contributed by atoms with E-state index in [2.05, 4.69) is 36.0 Å². The van der Waals surface area contributed by atoms with E-state index in [1.54, 1.807) is 0 Å². The second-order valence-electron chi connectivity index (χ2n) is 5.27. The topological polar surface area (TPSA) is 17.0 Å². The Bertz CT molecular complexity index is 315. The summed E-state index contributed by atoms with van der Waals surface area (Å²) >= 11 is 0. The average molecular weight is 250 g/mol. The van der Waals surface area contributed by atoms with Gasteiger partial charge in [0.15, 0.2) is 0 Å². The van der Waals surface area contributed by atoms with E-state index in [1.807, 2.05) is 7.05 Å². The lowest BCUT2D eigenvalue weighted by Gasteiger charge is -2.07. The maximum absolute atomic E-state index is 3.22. The lowest BCUT2D eigenvalue weighted by Crippen LogP contribution is -2.07. The van der Waals surface area contributed by atoms with E-state index in [0.717, 1.165) is 6.54 Å². The summed E-state index contributed by atoms with van der Waals surface area (Å²) in [5.74, 6) is 0. The van der Waals surface area contributed by atoms with Crippen molar-refractivity contribution >= 4 is 0 Å². The van der Waals surface area contributed by atoms with E-state index in [9.17, 15) is 0 Å². The fraction of sp³-hybridized carbons (Fsp3) is 0.750. The van der Waals surface area contributed by atoms with E-state index in [0.29, 0.717) is 0 Å². The minimum atomic E-state index is 0.982. The average Bonchev–Trinajstić information content (AvgIpc) is 2.71. The van der Waals surface area contributed by atoms with Crippen molar-refractivity contribution < 1.29 is 0 Å². The van der Waals surface area contributed by atoms with Crippen LogP contribution in [-0.4, -0.2) is 11.6 Å². The zero-order valence-electron chi connectivity index (χ0n) is 12.5. The number of hydrogen-bond acceptors (Lipinski definition) is 1. The maximum Gasteiger partial charge on any atom is 0.0222 e. The van der Waals surface area contributed by atoms with Crippen LogP contribution in [0.1, 0.15) is 63.1 Å². The smallest absolute Gasteiger partial charge is 0.0222 e. The third-order valence-corrected chi connectivity index (χ3v) is 3.72. The van der Waals surface area contributed by atoms with Crippen LogP contribution in [0.3, 0.4) is 0 Å². The van der Waals surface area contributed by atoms with Crippen molar-refractivity contribution in [2.45, 2.75) is 71.9 Å². The molecule has 2 heteroatoms. The third kappa shape index (κ3) is 5.26. The van der Waals surface area contributed by atoms with E-state index in [-0.39, 0.29) is 0 Å². The van der Waals surface area contributed by atoms with Crippen molar-refractivity contribution in [1.29, 1.82) is 0 Å². The molecule has 0 saturated heterocycles. The van der Waals surface area contributed by atoms with Gasteiger partial charge < -0.3 is 9.88 Å². The molecule has 0 aliphatic rings. The van der Waals surface area contributed by atoms with Crippen LogP contribution in [0, 0.1) is 6.92 Å². The summed E-state index contributed by atoms with van der Waals surface area (Å²) in [6, 6.07) is 2.24. The molecule has 0 amide bonds. The van der Waals surface area contributed by atoms with Gasteiger partial charge in [-0.2, -0.15) is 0 Å².